The van der Waals surface area contributed by atoms with Gasteiger partial charge in [-0.3, -0.25) is 0 Å². The summed E-state index contributed by atoms with van der Waals surface area (Å²) in [7, 11) is 0. The van der Waals surface area contributed by atoms with Crippen LogP contribution in [0.15, 0.2) is 66.7 Å². The smallest absolute Gasteiger partial charge is 0.335 e. The maximum Gasteiger partial charge on any atom is 0.335 e. The van der Waals surface area contributed by atoms with Crippen molar-refractivity contribution in [2.24, 2.45) is 0 Å². The lowest BCUT2D eigenvalue weighted by Crippen LogP contribution is -1.94. The molecule has 0 bridgehead atoms. The van der Waals surface area contributed by atoms with Crippen molar-refractivity contribution in [2.45, 2.75) is 0 Å². The van der Waals surface area contributed by atoms with Gasteiger partial charge in [0.25, 0.3) is 0 Å². The molecule has 0 aliphatic carbocycles. The highest BCUT2D eigenvalue weighted by Gasteiger charge is 2.09. The van der Waals surface area contributed by atoms with Gasteiger partial charge in [0, 0.05) is 10.6 Å². The Morgan fingerprint density at radius 2 is 1.48 bits per heavy atom. The standard InChI is InChI=1S/C20H13ClN2O2/c21-16-8-5-13(6-9-16)12-1-3-14(4-2-12)19-22-17-10-7-15(20(24)25)11-18(17)23-19/h1-11H,(H,22,23)(H,24,25). The number of hydrogen-bond acceptors (Lipinski definition) is 2. The number of fused-ring (bicyclic) bond motifs is 1. The van der Waals surface area contributed by atoms with Crippen LogP contribution < -0.4 is 0 Å². The second-order valence-corrected chi connectivity index (χ2v) is 6.14. The van der Waals surface area contributed by atoms with Crippen LogP contribution in [0.25, 0.3) is 33.5 Å². The van der Waals surface area contributed by atoms with Gasteiger partial charge in [-0.1, -0.05) is 48.0 Å². The Morgan fingerprint density at radius 1 is 0.880 bits per heavy atom. The number of carbonyl (C=O) groups is 1. The fourth-order valence-corrected chi connectivity index (χ4v) is 2.86. The maximum atomic E-state index is 11.1. The van der Waals surface area contributed by atoms with Crippen LogP contribution in [0.1, 0.15) is 10.4 Å². The van der Waals surface area contributed by atoms with E-state index in [0.717, 1.165) is 22.2 Å². The average Bonchev–Trinajstić information content (AvgIpc) is 3.05. The van der Waals surface area contributed by atoms with Crippen LogP contribution in [0.3, 0.4) is 0 Å². The Balaban J connectivity index is 1.68. The number of nitrogens with one attached hydrogen (secondary N) is 1. The van der Waals surface area contributed by atoms with Crippen LogP contribution in [0.2, 0.25) is 5.02 Å². The van der Waals surface area contributed by atoms with Crippen molar-refractivity contribution in [3.05, 3.63) is 77.3 Å². The van der Waals surface area contributed by atoms with E-state index in [4.69, 9.17) is 16.7 Å². The molecule has 0 radical (unpaired) electrons. The molecule has 122 valence electrons. The molecule has 0 fully saturated rings. The minimum atomic E-state index is -0.959. The van der Waals surface area contributed by atoms with Gasteiger partial charge in [-0.2, -0.15) is 0 Å². The summed E-state index contributed by atoms with van der Waals surface area (Å²) in [6.45, 7) is 0. The van der Waals surface area contributed by atoms with E-state index in [1.165, 1.54) is 0 Å². The number of H-pyrrole nitrogens is 1. The highest BCUT2D eigenvalue weighted by molar-refractivity contribution is 6.30. The van der Waals surface area contributed by atoms with Gasteiger partial charge in [0.2, 0.25) is 0 Å². The fourth-order valence-electron chi connectivity index (χ4n) is 2.74. The number of imidazole rings is 1. The lowest BCUT2D eigenvalue weighted by atomic mass is 10.0. The highest BCUT2D eigenvalue weighted by atomic mass is 35.5. The monoisotopic (exact) mass is 348 g/mol. The van der Waals surface area contributed by atoms with Crippen LogP contribution >= 0.6 is 11.6 Å². The van der Waals surface area contributed by atoms with Gasteiger partial charge in [0.05, 0.1) is 16.6 Å². The quantitative estimate of drug-likeness (QED) is 0.531. The molecular formula is C20H13ClN2O2. The molecule has 0 aliphatic heterocycles. The number of nitrogens with zero attached hydrogens (tertiary/aromatic N) is 1. The first-order chi connectivity index (χ1) is 12.1. The van der Waals surface area contributed by atoms with E-state index in [1.807, 2.05) is 48.5 Å². The molecule has 4 rings (SSSR count). The molecule has 0 saturated heterocycles. The Bertz CT molecular complexity index is 1070. The number of halogens is 1. The van der Waals surface area contributed by atoms with Crippen LogP contribution in [-0.2, 0) is 0 Å². The third-order valence-electron chi connectivity index (χ3n) is 4.07. The van der Waals surface area contributed by atoms with E-state index < -0.39 is 5.97 Å². The highest BCUT2D eigenvalue weighted by Crippen LogP contribution is 2.26. The van der Waals surface area contributed by atoms with E-state index >= 15 is 0 Å². The molecule has 4 nitrogen and oxygen atoms in total. The van der Waals surface area contributed by atoms with E-state index in [2.05, 4.69) is 9.97 Å². The first-order valence-electron chi connectivity index (χ1n) is 7.69. The van der Waals surface area contributed by atoms with E-state index in [9.17, 15) is 4.79 Å². The van der Waals surface area contributed by atoms with Crippen molar-refractivity contribution in [3.8, 4) is 22.5 Å². The van der Waals surface area contributed by atoms with Gasteiger partial charge in [-0.15, -0.1) is 0 Å². The third kappa shape index (κ3) is 2.99. The molecule has 3 aromatic carbocycles. The van der Waals surface area contributed by atoms with Crippen molar-refractivity contribution >= 4 is 28.6 Å². The lowest BCUT2D eigenvalue weighted by molar-refractivity contribution is 0.0697. The minimum Gasteiger partial charge on any atom is -0.478 e. The van der Waals surface area contributed by atoms with Gasteiger partial charge in [-0.25, -0.2) is 9.78 Å². The third-order valence-corrected chi connectivity index (χ3v) is 4.32. The SMILES string of the molecule is O=C(O)c1ccc2[nH]c(-c3ccc(-c4ccc(Cl)cc4)cc3)nc2c1. The summed E-state index contributed by atoms with van der Waals surface area (Å²) in [5, 5.41) is 9.79. The van der Waals surface area contributed by atoms with Crippen molar-refractivity contribution in [2.75, 3.05) is 0 Å². The van der Waals surface area contributed by atoms with Gasteiger partial charge in [0.1, 0.15) is 5.82 Å². The van der Waals surface area contributed by atoms with E-state index in [1.54, 1.807) is 18.2 Å². The molecule has 1 heterocycles. The lowest BCUT2D eigenvalue weighted by Gasteiger charge is -2.03. The molecule has 0 atom stereocenters. The number of aromatic carboxylic acids is 1. The molecule has 2 N–H and O–H groups in total. The zero-order valence-corrected chi connectivity index (χ0v) is 13.8. The second-order valence-electron chi connectivity index (χ2n) is 5.71. The number of benzene rings is 3. The number of aromatic amines is 1. The molecule has 25 heavy (non-hydrogen) atoms. The normalized spacial score (nSPS) is 10.9. The van der Waals surface area contributed by atoms with Crippen LogP contribution in [0, 0.1) is 0 Å². The van der Waals surface area contributed by atoms with Crippen LogP contribution in [0.4, 0.5) is 0 Å². The van der Waals surface area contributed by atoms with E-state index in [-0.39, 0.29) is 5.56 Å². The largest absolute Gasteiger partial charge is 0.478 e. The van der Waals surface area contributed by atoms with Gasteiger partial charge < -0.3 is 10.1 Å². The molecule has 0 unspecified atom stereocenters. The minimum absolute atomic E-state index is 0.226. The first-order valence-corrected chi connectivity index (χ1v) is 8.07. The summed E-state index contributed by atoms with van der Waals surface area (Å²) in [6, 6.07) is 20.6. The Labute approximate surface area is 148 Å². The Hall–Kier alpha value is -3.11. The Morgan fingerprint density at radius 3 is 2.12 bits per heavy atom. The number of hydrogen-bond donors (Lipinski definition) is 2. The predicted molar refractivity (Wildman–Crippen MR) is 98.9 cm³/mol. The number of rotatable bonds is 3. The summed E-state index contributed by atoms with van der Waals surface area (Å²) in [4.78, 5) is 18.8. The Kier molecular flexibility index (Phi) is 3.75. The predicted octanol–water partition coefficient (Wildman–Crippen LogP) is 5.25. The van der Waals surface area contributed by atoms with Gasteiger partial charge in [0.15, 0.2) is 0 Å². The molecule has 0 aliphatic rings. The first kappa shape index (κ1) is 15.4. The maximum absolute atomic E-state index is 11.1. The fraction of sp³-hybridized carbons (Fsp3) is 0. The molecule has 1 aromatic heterocycles. The van der Waals surface area contributed by atoms with Crippen molar-refractivity contribution in [1.82, 2.24) is 9.97 Å². The average molecular weight is 349 g/mol. The summed E-state index contributed by atoms with van der Waals surface area (Å²) in [5.41, 5.74) is 4.78. The summed E-state index contributed by atoms with van der Waals surface area (Å²) in [6.07, 6.45) is 0. The number of carboxylic acid groups (broad SMARTS) is 1. The summed E-state index contributed by atoms with van der Waals surface area (Å²) in [5.74, 6) is -0.251. The second kappa shape index (κ2) is 6.07. The van der Waals surface area contributed by atoms with Crippen molar-refractivity contribution < 1.29 is 9.90 Å². The molecule has 0 saturated carbocycles. The molecule has 0 amide bonds. The summed E-state index contributed by atoms with van der Waals surface area (Å²) >= 11 is 5.92. The van der Waals surface area contributed by atoms with Crippen molar-refractivity contribution in [1.29, 1.82) is 0 Å². The molecular weight excluding hydrogens is 336 g/mol. The zero-order chi connectivity index (χ0) is 17.4. The van der Waals surface area contributed by atoms with Crippen LogP contribution in [-0.4, -0.2) is 21.0 Å². The summed E-state index contributed by atoms with van der Waals surface area (Å²) < 4.78 is 0. The topological polar surface area (TPSA) is 66.0 Å². The van der Waals surface area contributed by atoms with E-state index in [0.29, 0.717) is 16.4 Å². The number of aromatic nitrogens is 2. The zero-order valence-electron chi connectivity index (χ0n) is 13.0. The molecule has 0 spiro atoms. The molecule has 4 aromatic rings. The van der Waals surface area contributed by atoms with Crippen molar-refractivity contribution in [3.63, 3.8) is 0 Å². The van der Waals surface area contributed by atoms with Crippen LogP contribution in [0.5, 0.6) is 0 Å². The van der Waals surface area contributed by atoms with Gasteiger partial charge in [-0.05, 0) is 41.5 Å². The number of carboxylic acids is 1. The molecule has 5 heteroatoms. The van der Waals surface area contributed by atoms with Gasteiger partial charge >= 0.3 is 5.97 Å².